The average molecular weight is 1330 g/mol. The maximum absolute atomic E-state index is 5.95. The highest BCUT2D eigenvalue weighted by Crippen LogP contribution is 2.34. The van der Waals surface area contributed by atoms with E-state index >= 15 is 0 Å². The number of benzene rings is 6. The molecule has 9 heteroatoms. The Morgan fingerprint density at radius 1 is 0.265 bits per heavy atom. The number of aliphatic imine (C=N–C) groups is 3. The summed E-state index contributed by atoms with van der Waals surface area (Å²) in [6.07, 6.45) is 18.1. The van der Waals surface area contributed by atoms with Crippen molar-refractivity contribution in [3.8, 4) is 17.1 Å². The van der Waals surface area contributed by atoms with Crippen LogP contribution in [0.25, 0.3) is 50.9 Å². The number of allylic oxidation sites excluding steroid dienone is 3. The van der Waals surface area contributed by atoms with Crippen molar-refractivity contribution >= 4 is 50.9 Å². The lowest BCUT2D eigenvalue weighted by molar-refractivity contribution is 0.914. The molecular weight excluding hydrogens is 1240 g/mol. The molecule has 4 aliphatic heterocycles. The summed E-state index contributed by atoms with van der Waals surface area (Å²) in [5, 5.41) is 12.6. The molecule has 0 unspecified atom stereocenters. The molecule has 18 bridgehead atoms. The summed E-state index contributed by atoms with van der Waals surface area (Å²) in [6.45, 7) is 13.7. The van der Waals surface area contributed by atoms with Gasteiger partial charge in [-0.15, -0.1) is 0 Å². The standard InChI is InChI=1S/C93H87N9/c1-7-31-64-55-73-79-49-50-80(100(79)70-43-25-16-26-44-70)75-57-66(33-9-3)90(96-75)86(62-39-21-14-22-40-62)91-68(35-11-5)59-77(98-91)83-53-54-84(102(83)72-47-29-18-30-48-72)78-60-69(36-12-6)93(99-78)87(63-41-23-15-24-42-63)92-67(34-10-4)58-76(97-92)82-52-51-81(101(82)71-45-27-17-28-46-71)74-56-65(32-8-2)89(95-74)85(88(64)94-73)61-37-19-13-20-38-61/h13-30,37-60,94,97-98H,7-12,31-36H2,1-6H3. The number of para-hydroxylation sites is 3. The number of rotatable bonds is 18. The smallest absolute Gasteiger partial charge is 0.0881 e. The molecule has 0 fully saturated rings. The van der Waals surface area contributed by atoms with Gasteiger partial charge >= 0.3 is 0 Å². The molecule has 6 aromatic carbocycles. The van der Waals surface area contributed by atoms with E-state index in [2.05, 4.69) is 325 Å². The second-order valence-corrected chi connectivity index (χ2v) is 27.3. The van der Waals surface area contributed by atoms with Gasteiger partial charge in [0.25, 0.3) is 0 Å². The molecule has 0 atom stereocenters. The van der Waals surface area contributed by atoms with Crippen LogP contribution in [0.2, 0.25) is 0 Å². The summed E-state index contributed by atoms with van der Waals surface area (Å²) in [5.74, 6) is 0. The van der Waals surface area contributed by atoms with E-state index < -0.39 is 0 Å². The molecular formula is C93H87N9. The summed E-state index contributed by atoms with van der Waals surface area (Å²) in [5.41, 5.74) is 23.0. The van der Waals surface area contributed by atoms with E-state index in [1.807, 2.05) is 0 Å². The third-order valence-electron chi connectivity index (χ3n) is 20.3. The lowest BCUT2D eigenvalue weighted by Gasteiger charge is -2.12. The summed E-state index contributed by atoms with van der Waals surface area (Å²) >= 11 is 0. The Balaban J connectivity index is 1.13. The van der Waals surface area contributed by atoms with Crippen LogP contribution in [-0.2, 0) is 19.3 Å². The van der Waals surface area contributed by atoms with E-state index in [4.69, 9.17) is 15.0 Å². The van der Waals surface area contributed by atoms with Crippen LogP contribution in [0.4, 0.5) is 0 Å². The first kappa shape index (κ1) is 65.1. The topological polar surface area (TPSA) is 99.2 Å². The zero-order chi connectivity index (χ0) is 69.2. The highest BCUT2D eigenvalue weighted by atomic mass is 15.0. The maximum Gasteiger partial charge on any atom is 0.0881 e. The van der Waals surface area contributed by atoms with Gasteiger partial charge in [0, 0.05) is 33.8 Å². The Labute approximate surface area is 595 Å². The Morgan fingerprint density at radius 3 is 0.745 bits per heavy atom. The maximum atomic E-state index is 5.95. The second kappa shape index (κ2) is 28.6. The molecule has 0 amide bonds. The summed E-state index contributed by atoms with van der Waals surface area (Å²) in [6, 6.07) is 86.4. The van der Waals surface area contributed by atoms with Crippen molar-refractivity contribution in [1.82, 2.24) is 28.7 Å². The van der Waals surface area contributed by atoms with Gasteiger partial charge in [0.2, 0.25) is 0 Å². The molecule has 3 N–H and O–H groups in total. The van der Waals surface area contributed by atoms with Gasteiger partial charge in [0.05, 0.1) is 98.4 Å². The van der Waals surface area contributed by atoms with Gasteiger partial charge in [-0.1, -0.05) is 226 Å². The van der Waals surface area contributed by atoms with Gasteiger partial charge in [0.1, 0.15) is 0 Å². The SMILES string of the molecule is CCCC1=CC2=c3ccc(n3-c3ccccc3)=c3cc(CCC)c([nH]3)=C(c3ccccc3)C3=NC(=c4ccc(n4-c4ccccc4)=c4cc(CCC)c([nH]4)=C(c4ccccc4)C4=NC(=c5ccc(n5-c5ccccc5)=c5cc(CCC)c([nH]5)=C(c5ccccc5)C1=N2)C=C4CCC)C=C3CCC. The number of aromatic nitrogens is 6. The van der Waals surface area contributed by atoms with E-state index in [1.54, 1.807) is 0 Å². The largest absolute Gasteiger partial charge is 0.353 e. The molecule has 0 aliphatic carbocycles. The first-order chi connectivity index (χ1) is 50.3. The van der Waals surface area contributed by atoms with Crippen LogP contribution in [0.1, 0.15) is 133 Å². The van der Waals surface area contributed by atoms with Gasteiger partial charge in [-0.3, -0.25) is 0 Å². The first-order valence-corrected chi connectivity index (χ1v) is 37.1. The van der Waals surface area contributed by atoms with Gasteiger partial charge in [-0.25, -0.2) is 15.0 Å². The third kappa shape index (κ3) is 12.0. The monoisotopic (exact) mass is 1330 g/mol. The van der Waals surface area contributed by atoms with Crippen LogP contribution in [0.15, 0.2) is 287 Å². The van der Waals surface area contributed by atoms with Crippen molar-refractivity contribution in [1.29, 1.82) is 0 Å². The van der Waals surface area contributed by atoms with Crippen LogP contribution < -0.4 is 32.1 Å². The van der Waals surface area contributed by atoms with Crippen LogP contribution >= 0.6 is 0 Å². The highest BCUT2D eigenvalue weighted by molar-refractivity contribution is 6.36. The summed E-state index contributed by atoms with van der Waals surface area (Å²) < 4.78 is 7.27. The third-order valence-corrected chi connectivity index (χ3v) is 20.3. The molecule has 504 valence electrons. The molecule has 12 aromatic rings. The van der Waals surface area contributed by atoms with Crippen molar-refractivity contribution in [2.24, 2.45) is 15.0 Å². The number of hydrogen-bond donors (Lipinski definition) is 3. The molecule has 10 heterocycles. The number of nitrogens with zero attached hydrogens (tertiary/aromatic N) is 6. The van der Waals surface area contributed by atoms with E-state index in [1.165, 1.54) is 33.4 Å². The molecule has 0 saturated heterocycles. The molecule has 6 aromatic heterocycles. The number of hydrogen-bond acceptors (Lipinski definition) is 3. The lowest BCUT2D eigenvalue weighted by Crippen LogP contribution is -2.21. The fourth-order valence-electron chi connectivity index (χ4n) is 15.9. The van der Waals surface area contributed by atoms with Crippen LogP contribution in [-0.4, -0.2) is 45.8 Å². The molecule has 102 heavy (non-hydrogen) atoms. The second-order valence-electron chi connectivity index (χ2n) is 27.3. The Kier molecular flexibility index (Phi) is 18.2. The zero-order valence-electron chi connectivity index (χ0n) is 59.4. The highest BCUT2D eigenvalue weighted by Gasteiger charge is 2.28. The summed E-state index contributed by atoms with van der Waals surface area (Å²) in [4.78, 5) is 30.5. The minimum absolute atomic E-state index is 0.854. The van der Waals surface area contributed by atoms with E-state index in [-0.39, 0.29) is 0 Å². The summed E-state index contributed by atoms with van der Waals surface area (Å²) in [7, 11) is 0. The minimum atomic E-state index is 0.854. The number of fused-ring (bicyclic) bond motifs is 15. The fraction of sp³-hybridized carbons (Fsp3) is 0.194. The van der Waals surface area contributed by atoms with Crippen molar-refractivity contribution in [2.45, 2.75) is 119 Å². The Bertz CT molecular complexity index is 5540. The van der Waals surface area contributed by atoms with Crippen LogP contribution in [0.3, 0.4) is 0 Å². The van der Waals surface area contributed by atoms with Crippen LogP contribution in [0.5, 0.6) is 0 Å². The lowest BCUT2D eigenvalue weighted by atomic mass is 9.92. The van der Waals surface area contributed by atoms with Gasteiger partial charge < -0.3 is 28.7 Å². The average Bonchev–Trinajstić information content (AvgIpc) is 1.58. The number of nitrogens with one attached hydrogen (secondary N) is 3. The molecule has 0 spiro atoms. The number of aromatic amines is 3. The van der Waals surface area contributed by atoms with E-state index in [9.17, 15) is 0 Å². The van der Waals surface area contributed by atoms with Crippen LogP contribution in [0, 0.1) is 32.1 Å². The minimum Gasteiger partial charge on any atom is -0.353 e. The van der Waals surface area contributed by atoms with Crippen molar-refractivity contribution in [3.63, 3.8) is 0 Å². The Hall–Kier alpha value is -11.6. The Morgan fingerprint density at radius 2 is 0.500 bits per heavy atom. The normalized spacial score (nSPS) is 14.3. The van der Waals surface area contributed by atoms with Crippen molar-refractivity contribution in [3.05, 3.63) is 369 Å². The van der Waals surface area contributed by atoms with Crippen molar-refractivity contribution < 1.29 is 0 Å². The molecule has 0 radical (unpaired) electrons. The quantitative estimate of drug-likeness (QED) is 0.0763. The molecule has 0 saturated carbocycles. The van der Waals surface area contributed by atoms with E-state index in [0.29, 0.717) is 0 Å². The van der Waals surface area contributed by atoms with E-state index in [0.717, 1.165) is 226 Å². The number of H-pyrrole nitrogens is 3. The molecule has 9 nitrogen and oxygen atoms in total. The predicted molar refractivity (Wildman–Crippen MR) is 421 cm³/mol. The van der Waals surface area contributed by atoms with Gasteiger partial charge in [-0.05, 0) is 198 Å². The predicted octanol–water partition coefficient (Wildman–Crippen LogP) is 16.6. The zero-order valence-corrected chi connectivity index (χ0v) is 59.4. The molecule has 16 rings (SSSR count). The van der Waals surface area contributed by atoms with Gasteiger partial charge in [-0.2, -0.15) is 0 Å². The van der Waals surface area contributed by atoms with Crippen molar-refractivity contribution in [2.75, 3.05) is 0 Å². The number of aryl methyl sites for hydroxylation is 3. The molecule has 4 aliphatic rings. The first-order valence-electron chi connectivity index (χ1n) is 37.1. The van der Waals surface area contributed by atoms with Gasteiger partial charge in [0.15, 0.2) is 0 Å². The fourth-order valence-corrected chi connectivity index (χ4v) is 15.9.